The van der Waals surface area contributed by atoms with E-state index in [9.17, 15) is 9.90 Å². The van der Waals surface area contributed by atoms with Crippen molar-refractivity contribution in [2.75, 3.05) is 0 Å². The molecule has 4 aromatic rings. The maximum absolute atomic E-state index is 13.6. The standard InChI is InChI=1S/C28H29N5O4/c1-2-3-12-24(29)30-27(35)26(22(34)15-18-14-13-17-8-4-5-9-19(17)18)28-32-31-25(36-28)16-21-20-10-6-7-11-23(20)37-33-21/h4-11,18,35H,2-3,12-16H2,1H3,(H2,29,30)/b27-26-/t18-/m1/s1. The number of benzene rings is 2. The summed E-state index contributed by atoms with van der Waals surface area (Å²) in [6.45, 7) is 2.04. The quantitative estimate of drug-likeness (QED) is 0.130. The number of aliphatic hydroxyl groups excluding tert-OH is 1. The monoisotopic (exact) mass is 499 g/mol. The molecular formula is C28H29N5O4. The Balaban J connectivity index is 1.44. The van der Waals surface area contributed by atoms with Crippen LogP contribution in [0.15, 0.2) is 68.3 Å². The van der Waals surface area contributed by atoms with Gasteiger partial charge in [-0.3, -0.25) is 4.79 Å². The number of hydrogen-bond acceptors (Lipinski definition) is 8. The molecule has 3 N–H and O–H groups in total. The summed E-state index contributed by atoms with van der Waals surface area (Å²) in [6, 6.07) is 15.6. The molecule has 1 aliphatic rings. The minimum Gasteiger partial charge on any atom is -0.493 e. The lowest BCUT2D eigenvalue weighted by molar-refractivity contribution is -0.114. The largest absolute Gasteiger partial charge is 0.493 e. The average Bonchev–Trinajstić information content (AvgIpc) is 3.63. The number of carbonyl (C=O) groups excluding carboxylic acids is 1. The molecule has 2 aromatic carbocycles. The second kappa shape index (κ2) is 10.8. The molecule has 1 atom stereocenters. The molecule has 0 saturated carbocycles. The third kappa shape index (κ3) is 5.30. The van der Waals surface area contributed by atoms with E-state index in [4.69, 9.17) is 14.7 Å². The molecule has 0 radical (unpaired) electrons. The van der Waals surface area contributed by atoms with E-state index in [0.717, 1.165) is 36.6 Å². The van der Waals surface area contributed by atoms with E-state index in [1.54, 1.807) is 0 Å². The van der Waals surface area contributed by atoms with Crippen LogP contribution in [0, 0.1) is 0 Å². The van der Waals surface area contributed by atoms with Gasteiger partial charge in [0.25, 0.3) is 5.89 Å². The van der Waals surface area contributed by atoms with E-state index in [2.05, 4.69) is 32.5 Å². The normalized spacial score (nSPS) is 16.1. The zero-order valence-corrected chi connectivity index (χ0v) is 20.7. The number of aryl methyl sites for hydroxylation is 1. The Morgan fingerprint density at radius 3 is 2.84 bits per heavy atom. The number of amidine groups is 1. The number of fused-ring (bicyclic) bond motifs is 2. The van der Waals surface area contributed by atoms with Gasteiger partial charge in [0.05, 0.1) is 6.42 Å². The van der Waals surface area contributed by atoms with E-state index in [1.807, 2.05) is 43.3 Å². The highest BCUT2D eigenvalue weighted by Gasteiger charge is 2.30. The predicted molar refractivity (Wildman–Crippen MR) is 139 cm³/mol. The number of aromatic nitrogens is 3. The fourth-order valence-electron chi connectivity index (χ4n) is 4.76. The average molecular weight is 500 g/mol. The van der Waals surface area contributed by atoms with Crippen LogP contribution in [0.1, 0.15) is 73.5 Å². The summed E-state index contributed by atoms with van der Waals surface area (Å²) in [5.74, 6) is -0.410. The van der Waals surface area contributed by atoms with Gasteiger partial charge in [-0.1, -0.05) is 54.9 Å². The number of unbranched alkanes of at least 4 members (excludes halogenated alkanes) is 1. The van der Waals surface area contributed by atoms with Gasteiger partial charge in [0.2, 0.25) is 11.8 Å². The zero-order chi connectivity index (χ0) is 25.8. The van der Waals surface area contributed by atoms with Gasteiger partial charge in [-0.25, -0.2) is 4.99 Å². The number of para-hydroxylation sites is 1. The summed E-state index contributed by atoms with van der Waals surface area (Å²) < 4.78 is 11.2. The first-order valence-corrected chi connectivity index (χ1v) is 12.6. The highest BCUT2D eigenvalue weighted by molar-refractivity contribution is 6.20. The Hall–Kier alpha value is -4.27. The fourth-order valence-corrected chi connectivity index (χ4v) is 4.76. The minimum atomic E-state index is -0.507. The van der Waals surface area contributed by atoms with Crippen LogP contribution >= 0.6 is 0 Å². The third-order valence-corrected chi connectivity index (χ3v) is 6.68. The van der Waals surface area contributed by atoms with Crippen LogP contribution in [0.3, 0.4) is 0 Å². The second-order valence-corrected chi connectivity index (χ2v) is 9.27. The van der Waals surface area contributed by atoms with Crippen LogP contribution in [-0.4, -0.2) is 32.1 Å². The number of aliphatic imine (C=N–C) groups is 1. The molecule has 0 bridgehead atoms. The van der Waals surface area contributed by atoms with Crippen LogP contribution in [0.25, 0.3) is 16.5 Å². The van der Waals surface area contributed by atoms with Gasteiger partial charge in [0, 0.05) is 18.2 Å². The molecule has 9 nitrogen and oxygen atoms in total. The number of Topliss-reactive ketones (excluding diaryl/α,β-unsaturated/α-hetero) is 1. The molecule has 9 heteroatoms. The van der Waals surface area contributed by atoms with Crippen LogP contribution in [0.4, 0.5) is 0 Å². The zero-order valence-electron chi connectivity index (χ0n) is 20.7. The van der Waals surface area contributed by atoms with E-state index < -0.39 is 5.88 Å². The lowest BCUT2D eigenvalue weighted by Gasteiger charge is -2.11. The van der Waals surface area contributed by atoms with Gasteiger partial charge in [0.1, 0.15) is 17.1 Å². The lowest BCUT2D eigenvalue weighted by Crippen LogP contribution is -2.14. The molecule has 0 unspecified atom stereocenters. The fraction of sp³-hybridized carbons (Fsp3) is 0.321. The molecule has 0 saturated heterocycles. The predicted octanol–water partition coefficient (Wildman–Crippen LogP) is 5.26. The molecule has 5 rings (SSSR count). The van der Waals surface area contributed by atoms with Gasteiger partial charge in [-0.15, -0.1) is 10.2 Å². The number of allylic oxidation sites excluding steroid dienone is 1. The van der Waals surface area contributed by atoms with E-state index in [1.165, 1.54) is 5.56 Å². The van der Waals surface area contributed by atoms with Gasteiger partial charge in [-0.2, -0.15) is 0 Å². The van der Waals surface area contributed by atoms with Gasteiger partial charge < -0.3 is 19.8 Å². The SMILES string of the molecule is CCCC/C(N)=N/C(O)=C(\C(=O)C[C@H]1CCc2ccccc21)c1nnc(Cc2noc3ccccc23)o1. The first-order valence-electron chi connectivity index (χ1n) is 12.6. The number of rotatable bonds is 10. The lowest BCUT2D eigenvalue weighted by atomic mass is 9.93. The molecule has 0 fully saturated rings. The Bertz CT molecular complexity index is 1480. The van der Waals surface area contributed by atoms with Crippen LogP contribution < -0.4 is 5.73 Å². The Labute approximate surface area is 214 Å². The molecule has 2 aromatic heterocycles. The maximum atomic E-state index is 13.6. The van der Waals surface area contributed by atoms with Crippen LogP contribution in [0.5, 0.6) is 0 Å². The second-order valence-electron chi connectivity index (χ2n) is 9.27. The number of ketones is 1. The molecule has 0 spiro atoms. The molecule has 190 valence electrons. The number of carbonyl (C=O) groups is 1. The van der Waals surface area contributed by atoms with Crippen molar-refractivity contribution in [1.82, 2.24) is 15.4 Å². The van der Waals surface area contributed by atoms with E-state index in [-0.39, 0.29) is 47.7 Å². The summed E-state index contributed by atoms with van der Waals surface area (Å²) in [5, 5.41) is 24.0. The molecule has 0 amide bonds. The number of nitrogens with zero attached hydrogens (tertiary/aromatic N) is 4. The van der Waals surface area contributed by atoms with Crippen molar-refractivity contribution in [2.24, 2.45) is 10.7 Å². The summed E-state index contributed by atoms with van der Waals surface area (Å²) in [5.41, 5.74) is 9.59. The molecular weight excluding hydrogens is 470 g/mol. The van der Waals surface area contributed by atoms with Gasteiger partial charge in [0.15, 0.2) is 11.4 Å². The minimum absolute atomic E-state index is 0.0387. The van der Waals surface area contributed by atoms with Crippen molar-refractivity contribution in [3.8, 4) is 0 Å². The van der Waals surface area contributed by atoms with Crippen LogP contribution in [0.2, 0.25) is 0 Å². The highest BCUT2D eigenvalue weighted by atomic mass is 16.5. The van der Waals surface area contributed by atoms with Crippen molar-refractivity contribution < 1.29 is 18.8 Å². The van der Waals surface area contributed by atoms with E-state index in [0.29, 0.717) is 17.7 Å². The third-order valence-electron chi connectivity index (χ3n) is 6.68. The molecule has 2 heterocycles. The Morgan fingerprint density at radius 1 is 1.16 bits per heavy atom. The number of aliphatic hydroxyl groups is 1. The van der Waals surface area contributed by atoms with E-state index >= 15 is 0 Å². The van der Waals surface area contributed by atoms with Crippen molar-refractivity contribution in [2.45, 2.75) is 57.8 Å². The number of nitrogens with two attached hydrogens (primary N) is 1. The summed E-state index contributed by atoms with van der Waals surface area (Å²) in [7, 11) is 0. The Kier molecular flexibility index (Phi) is 7.11. The highest BCUT2D eigenvalue weighted by Crippen LogP contribution is 2.37. The van der Waals surface area contributed by atoms with Crippen molar-refractivity contribution in [3.63, 3.8) is 0 Å². The van der Waals surface area contributed by atoms with Crippen molar-refractivity contribution in [1.29, 1.82) is 0 Å². The van der Waals surface area contributed by atoms with Gasteiger partial charge >= 0.3 is 0 Å². The first kappa shape index (κ1) is 24.4. The van der Waals surface area contributed by atoms with Crippen LogP contribution in [-0.2, 0) is 17.6 Å². The van der Waals surface area contributed by atoms with Gasteiger partial charge in [-0.05, 0) is 48.4 Å². The summed E-state index contributed by atoms with van der Waals surface area (Å²) in [4.78, 5) is 17.7. The first-order chi connectivity index (χ1) is 18.0. The molecule has 1 aliphatic carbocycles. The molecule has 0 aliphatic heterocycles. The smallest absolute Gasteiger partial charge is 0.256 e. The van der Waals surface area contributed by atoms with Crippen molar-refractivity contribution >= 4 is 28.2 Å². The maximum Gasteiger partial charge on any atom is 0.256 e. The topological polar surface area (TPSA) is 141 Å². The van der Waals surface area contributed by atoms with Crippen molar-refractivity contribution in [3.05, 3.63) is 83.0 Å². The summed E-state index contributed by atoms with van der Waals surface area (Å²) in [6.07, 6.45) is 4.42. The number of hydrogen-bond donors (Lipinski definition) is 2. The summed E-state index contributed by atoms with van der Waals surface area (Å²) >= 11 is 0. The Morgan fingerprint density at radius 2 is 1.97 bits per heavy atom. The molecule has 37 heavy (non-hydrogen) atoms.